The van der Waals surface area contributed by atoms with Gasteiger partial charge >= 0.3 is 0 Å². The van der Waals surface area contributed by atoms with Gasteiger partial charge in [-0.15, -0.1) is 0 Å². The number of aromatic nitrogens is 1. The van der Waals surface area contributed by atoms with E-state index in [1.165, 1.54) is 12.3 Å². The fourth-order valence-electron chi connectivity index (χ4n) is 1.64. The van der Waals surface area contributed by atoms with E-state index >= 15 is 0 Å². The maximum Gasteiger partial charge on any atom is 0.200 e. The van der Waals surface area contributed by atoms with Gasteiger partial charge in [0, 0.05) is 11.8 Å². The van der Waals surface area contributed by atoms with Crippen LogP contribution >= 0.6 is 0 Å². The molecule has 0 aliphatic heterocycles. The van der Waals surface area contributed by atoms with E-state index in [0.29, 0.717) is 0 Å². The highest BCUT2D eigenvalue weighted by Crippen LogP contribution is 2.34. The van der Waals surface area contributed by atoms with Crippen molar-refractivity contribution in [3.05, 3.63) is 59.4 Å². The SMILES string of the molecule is COc1c(C(F)c2ccccn2)ccc(F)c1F. The molecule has 1 aromatic carbocycles. The Bertz CT molecular complexity index is 545. The Labute approximate surface area is 102 Å². The lowest BCUT2D eigenvalue weighted by Gasteiger charge is -2.13. The molecule has 0 fully saturated rings. The Hall–Kier alpha value is -2.04. The predicted octanol–water partition coefficient (Wildman–Crippen LogP) is 3.43. The number of pyridine rings is 1. The molecule has 2 nitrogen and oxygen atoms in total. The van der Waals surface area contributed by atoms with E-state index in [1.807, 2.05) is 0 Å². The number of alkyl halides is 1. The maximum atomic E-state index is 14.2. The summed E-state index contributed by atoms with van der Waals surface area (Å²) in [6.07, 6.45) is -0.245. The lowest BCUT2D eigenvalue weighted by molar-refractivity contribution is 0.336. The van der Waals surface area contributed by atoms with Crippen molar-refractivity contribution in [1.82, 2.24) is 4.98 Å². The Morgan fingerprint density at radius 3 is 2.56 bits per heavy atom. The Balaban J connectivity index is 2.49. The van der Waals surface area contributed by atoms with Crippen LogP contribution in [-0.2, 0) is 0 Å². The molecule has 0 aliphatic carbocycles. The van der Waals surface area contributed by atoms with Crippen LogP contribution in [0.25, 0.3) is 0 Å². The predicted molar refractivity (Wildman–Crippen MR) is 60.1 cm³/mol. The van der Waals surface area contributed by atoms with Crippen LogP contribution in [0.2, 0.25) is 0 Å². The van der Waals surface area contributed by atoms with Crippen molar-refractivity contribution in [3.63, 3.8) is 0 Å². The Morgan fingerprint density at radius 1 is 1.17 bits per heavy atom. The van der Waals surface area contributed by atoms with Gasteiger partial charge in [-0.25, -0.2) is 8.78 Å². The molecule has 0 N–H and O–H groups in total. The van der Waals surface area contributed by atoms with Gasteiger partial charge in [0.25, 0.3) is 0 Å². The molecule has 1 aromatic heterocycles. The number of ether oxygens (including phenoxy) is 1. The van der Waals surface area contributed by atoms with Crippen LogP contribution in [0, 0.1) is 11.6 Å². The van der Waals surface area contributed by atoms with Crippen molar-refractivity contribution < 1.29 is 17.9 Å². The summed E-state index contributed by atoms with van der Waals surface area (Å²) in [6.45, 7) is 0. The van der Waals surface area contributed by atoms with E-state index in [9.17, 15) is 13.2 Å². The molecule has 94 valence electrons. The molecular weight excluding hydrogens is 243 g/mol. The highest BCUT2D eigenvalue weighted by molar-refractivity contribution is 5.40. The molecule has 1 heterocycles. The van der Waals surface area contributed by atoms with Gasteiger partial charge in [0.2, 0.25) is 5.82 Å². The molecule has 1 atom stereocenters. The lowest BCUT2D eigenvalue weighted by atomic mass is 10.1. The van der Waals surface area contributed by atoms with Crippen molar-refractivity contribution >= 4 is 0 Å². The second kappa shape index (κ2) is 5.08. The van der Waals surface area contributed by atoms with Crippen LogP contribution in [0.5, 0.6) is 5.75 Å². The van der Waals surface area contributed by atoms with Crippen LogP contribution in [-0.4, -0.2) is 12.1 Å². The zero-order chi connectivity index (χ0) is 13.1. The minimum atomic E-state index is -1.67. The number of methoxy groups -OCH3 is 1. The number of hydrogen-bond donors (Lipinski definition) is 0. The van der Waals surface area contributed by atoms with Crippen molar-refractivity contribution in [2.45, 2.75) is 6.17 Å². The summed E-state index contributed by atoms with van der Waals surface area (Å²) in [6, 6.07) is 6.73. The molecule has 0 spiro atoms. The minimum absolute atomic E-state index is 0.0879. The summed E-state index contributed by atoms with van der Waals surface area (Å²) >= 11 is 0. The summed E-state index contributed by atoms with van der Waals surface area (Å²) < 4.78 is 45.4. The van der Waals surface area contributed by atoms with E-state index in [1.54, 1.807) is 12.1 Å². The third-order valence-corrected chi connectivity index (χ3v) is 2.51. The molecule has 1 unspecified atom stereocenters. The van der Waals surface area contributed by atoms with E-state index in [-0.39, 0.29) is 11.3 Å². The average Bonchev–Trinajstić information content (AvgIpc) is 2.42. The van der Waals surface area contributed by atoms with Gasteiger partial charge in [-0.3, -0.25) is 4.98 Å². The second-order valence-corrected chi connectivity index (χ2v) is 3.60. The molecule has 0 radical (unpaired) electrons. The van der Waals surface area contributed by atoms with Crippen LogP contribution in [0.3, 0.4) is 0 Å². The highest BCUT2D eigenvalue weighted by Gasteiger charge is 2.23. The zero-order valence-corrected chi connectivity index (χ0v) is 9.53. The van der Waals surface area contributed by atoms with Crippen LogP contribution in [0.4, 0.5) is 13.2 Å². The Kier molecular flexibility index (Phi) is 3.50. The maximum absolute atomic E-state index is 14.2. The third-order valence-electron chi connectivity index (χ3n) is 2.51. The minimum Gasteiger partial charge on any atom is -0.493 e. The zero-order valence-electron chi connectivity index (χ0n) is 9.53. The summed E-state index contributed by atoms with van der Waals surface area (Å²) in [5, 5.41) is 0. The first-order valence-corrected chi connectivity index (χ1v) is 5.22. The molecule has 0 saturated carbocycles. The molecule has 2 aromatic rings. The average molecular weight is 253 g/mol. The standard InChI is InChI=1S/C13H10F3NO/c1-18-13-8(5-6-9(14)12(13)16)11(15)10-4-2-3-7-17-10/h2-7,11H,1H3. The molecule has 0 amide bonds. The first kappa shape index (κ1) is 12.4. The number of hydrogen-bond acceptors (Lipinski definition) is 2. The fraction of sp³-hybridized carbons (Fsp3) is 0.154. The topological polar surface area (TPSA) is 22.1 Å². The number of rotatable bonds is 3. The van der Waals surface area contributed by atoms with Gasteiger partial charge in [0.15, 0.2) is 17.7 Å². The van der Waals surface area contributed by atoms with Crippen molar-refractivity contribution in [1.29, 1.82) is 0 Å². The summed E-state index contributed by atoms with van der Waals surface area (Å²) in [5.41, 5.74) is 0.0249. The van der Waals surface area contributed by atoms with Crippen molar-refractivity contribution in [2.75, 3.05) is 7.11 Å². The fourth-order valence-corrected chi connectivity index (χ4v) is 1.64. The first-order valence-electron chi connectivity index (χ1n) is 5.22. The van der Waals surface area contributed by atoms with E-state index in [0.717, 1.165) is 19.2 Å². The molecule has 0 bridgehead atoms. The molecule has 0 aliphatic rings. The molecule has 2 rings (SSSR count). The summed E-state index contributed by atoms with van der Waals surface area (Å²) in [5.74, 6) is -2.72. The number of halogens is 3. The van der Waals surface area contributed by atoms with E-state index in [4.69, 9.17) is 4.74 Å². The Morgan fingerprint density at radius 2 is 1.94 bits per heavy atom. The van der Waals surface area contributed by atoms with Crippen LogP contribution < -0.4 is 4.74 Å². The molecule has 0 saturated heterocycles. The monoisotopic (exact) mass is 253 g/mol. The summed E-state index contributed by atoms with van der Waals surface area (Å²) in [7, 11) is 1.16. The van der Waals surface area contributed by atoms with Gasteiger partial charge in [0.1, 0.15) is 0 Å². The van der Waals surface area contributed by atoms with Crippen LogP contribution in [0.1, 0.15) is 17.4 Å². The normalized spacial score (nSPS) is 12.2. The summed E-state index contributed by atoms with van der Waals surface area (Å²) in [4.78, 5) is 3.84. The smallest absolute Gasteiger partial charge is 0.200 e. The second-order valence-electron chi connectivity index (χ2n) is 3.60. The quantitative estimate of drug-likeness (QED) is 0.836. The number of nitrogens with zero attached hydrogens (tertiary/aromatic N) is 1. The third kappa shape index (κ3) is 2.16. The molecule has 18 heavy (non-hydrogen) atoms. The van der Waals surface area contributed by atoms with E-state index < -0.39 is 23.6 Å². The van der Waals surface area contributed by atoms with Crippen molar-refractivity contribution in [2.24, 2.45) is 0 Å². The van der Waals surface area contributed by atoms with Gasteiger partial charge in [-0.1, -0.05) is 6.07 Å². The van der Waals surface area contributed by atoms with Gasteiger partial charge in [-0.05, 0) is 24.3 Å². The molecular formula is C13H10F3NO. The number of benzene rings is 1. The van der Waals surface area contributed by atoms with Gasteiger partial charge in [0.05, 0.1) is 12.8 Å². The largest absolute Gasteiger partial charge is 0.493 e. The van der Waals surface area contributed by atoms with Crippen molar-refractivity contribution in [3.8, 4) is 5.75 Å². The van der Waals surface area contributed by atoms with Gasteiger partial charge < -0.3 is 4.74 Å². The lowest BCUT2D eigenvalue weighted by Crippen LogP contribution is -2.03. The first-order chi connectivity index (χ1) is 8.65. The van der Waals surface area contributed by atoms with E-state index in [2.05, 4.69) is 4.98 Å². The molecule has 5 heteroatoms. The highest BCUT2D eigenvalue weighted by atomic mass is 19.2. The van der Waals surface area contributed by atoms with Gasteiger partial charge in [-0.2, -0.15) is 4.39 Å². The van der Waals surface area contributed by atoms with Crippen LogP contribution in [0.15, 0.2) is 36.5 Å².